The van der Waals surface area contributed by atoms with Crippen molar-refractivity contribution in [3.63, 3.8) is 0 Å². The van der Waals surface area contributed by atoms with Gasteiger partial charge in [0.05, 0.1) is 10.6 Å². The van der Waals surface area contributed by atoms with E-state index in [9.17, 15) is 22.8 Å². The molecule has 0 N–H and O–H groups in total. The van der Waals surface area contributed by atoms with Gasteiger partial charge in [-0.15, -0.1) is 0 Å². The first-order valence-electron chi connectivity index (χ1n) is 9.09. The first kappa shape index (κ1) is 21.1. The highest BCUT2D eigenvalue weighted by atomic mass is 35.5. The highest BCUT2D eigenvalue weighted by molar-refractivity contribution is 6.33. The molecule has 9 heteroatoms. The molecule has 0 radical (unpaired) electrons. The van der Waals surface area contributed by atoms with Crippen LogP contribution in [0.4, 0.5) is 19.0 Å². The minimum Gasteiger partial charge on any atom is -0.352 e. The zero-order valence-corrected chi connectivity index (χ0v) is 16.2. The number of carbonyl (C=O) groups excluding carboxylic acids is 2. The molecule has 1 fully saturated rings. The fourth-order valence-corrected chi connectivity index (χ4v) is 3.42. The fraction of sp³-hybridized carbons (Fsp3) is 0.350. The Morgan fingerprint density at radius 2 is 1.69 bits per heavy atom. The van der Waals surface area contributed by atoms with Gasteiger partial charge >= 0.3 is 6.18 Å². The van der Waals surface area contributed by atoms with Gasteiger partial charge in [0.15, 0.2) is 5.78 Å². The van der Waals surface area contributed by atoms with Crippen LogP contribution in [0.1, 0.15) is 28.8 Å². The molecule has 1 aliphatic heterocycles. The molecule has 0 unspecified atom stereocenters. The third-order valence-corrected chi connectivity index (χ3v) is 5.02. The Balaban J connectivity index is 1.52. The molecule has 5 nitrogen and oxygen atoms in total. The lowest BCUT2D eigenvalue weighted by atomic mass is 10.1. The normalized spacial score (nSPS) is 14.8. The van der Waals surface area contributed by atoms with Crippen molar-refractivity contribution in [1.82, 2.24) is 9.88 Å². The van der Waals surface area contributed by atoms with E-state index >= 15 is 0 Å². The molecular formula is C20H19ClF3N3O2. The van der Waals surface area contributed by atoms with Crippen LogP contribution >= 0.6 is 11.6 Å². The summed E-state index contributed by atoms with van der Waals surface area (Å²) in [6.45, 7) is 1.57. The Bertz CT molecular complexity index is 882. The van der Waals surface area contributed by atoms with Crippen molar-refractivity contribution in [2.75, 3.05) is 31.1 Å². The predicted octanol–water partition coefficient (Wildman–Crippen LogP) is 4.07. The van der Waals surface area contributed by atoms with Gasteiger partial charge in [-0.05, 0) is 6.07 Å². The SMILES string of the molecule is O=C(CCC(=O)N1CCN(c2ncc(C(F)(F)F)cc2Cl)CC1)c1ccccc1. The number of hydrogen-bond donors (Lipinski definition) is 0. The largest absolute Gasteiger partial charge is 0.417 e. The maximum atomic E-state index is 12.7. The van der Waals surface area contributed by atoms with Crippen LogP contribution in [0.2, 0.25) is 5.02 Å². The highest BCUT2D eigenvalue weighted by Crippen LogP contribution is 2.33. The van der Waals surface area contributed by atoms with Gasteiger partial charge in [-0.25, -0.2) is 4.98 Å². The third kappa shape index (κ3) is 5.26. The lowest BCUT2D eigenvalue weighted by Crippen LogP contribution is -2.49. The van der Waals surface area contributed by atoms with Crippen LogP contribution in [0.5, 0.6) is 0 Å². The quantitative estimate of drug-likeness (QED) is 0.678. The molecule has 0 saturated carbocycles. The Hall–Kier alpha value is -2.61. The number of piperazine rings is 1. The summed E-state index contributed by atoms with van der Waals surface area (Å²) < 4.78 is 38.2. The number of halogens is 4. The number of ketones is 1. The molecule has 2 heterocycles. The number of amides is 1. The monoisotopic (exact) mass is 425 g/mol. The zero-order valence-electron chi connectivity index (χ0n) is 15.5. The van der Waals surface area contributed by atoms with Gasteiger partial charge in [-0.1, -0.05) is 41.9 Å². The number of Topliss-reactive ketones (excluding diaryl/α,β-unsaturated/α-hetero) is 1. The van der Waals surface area contributed by atoms with E-state index in [0.717, 1.165) is 12.3 Å². The molecule has 1 aromatic heterocycles. The van der Waals surface area contributed by atoms with Crippen molar-refractivity contribution < 1.29 is 22.8 Å². The number of aromatic nitrogens is 1. The molecule has 29 heavy (non-hydrogen) atoms. The number of benzene rings is 1. The first-order chi connectivity index (χ1) is 13.8. The van der Waals surface area contributed by atoms with Crippen LogP contribution in [-0.4, -0.2) is 47.8 Å². The van der Waals surface area contributed by atoms with Gasteiger partial charge < -0.3 is 9.80 Å². The number of anilines is 1. The molecular weight excluding hydrogens is 407 g/mol. The molecule has 0 spiro atoms. The maximum Gasteiger partial charge on any atom is 0.417 e. The van der Waals surface area contributed by atoms with Crippen LogP contribution in [0.15, 0.2) is 42.6 Å². The summed E-state index contributed by atoms with van der Waals surface area (Å²) >= 11 is 5.99. The Morgan fingerprint density at radius 1 is 1.03 bits per heavy atom. The van der Waals surface area contributed by atoms with Gasteiger partial charge in [-0.2, -0.15) is 13.2 Å². The average Bonchev–Trinajstić information content (AvgIpc) is 2.72. The first-order valence-corrected chi connectivity index (χ1v) is 9.47. The Morgan fingerprint density at radius 3 is 2.28 bits per heavy atom. The summed E-state index contributed by atoms with van der Waals surface area (Å²) in [4.78, 5) is 31.8. The second-order valence-corrected chi connectivity index (χ2v) is 7.09. The summed E-state index contributed by atoms with van der Waals surface area (Å²) in [6.07, 6.45) is -3.49. The lowest BCUT2D eigenvalue weighted by molar-refractivity contribution is -0.137. The minimum atomic E-state index is -4.50. The summed E-state index contributed by atoms with van der Waals surface area (Å²) in [7, 11) is 0. The van der Waals surface area contributed by atoms with E-state index in [0.29, 0.717) is 31.7 Å². The van der Waals surface area contributed by atoms with Crippen LogP contribution in [0.25, 0.3) is 0 Å². The number of hydrogen-bond acceptors (Lipinski definition) is 4. The molecule has 154 valence electrons. The molecule has 1 amide bonds. The second-order valence-electron chi connectivity index (χ2n) is 6.68. The van der Waals surface area contributed by atoms with Crippen LogP contribution in [0, 0.1) is 0 Å². The number of nitrogens with zero attached hydrogens (tertiary/aromatic N) is 3. The number of rotatable bonds is 5. The molecule has 3 rings (SSSR count). The lowest BCUT2D eigenvalue weighted by Gasteiger charge is -2.35. The molecule has 2 aromatic rings. The molecule has 0 atom stereocenters. The molecule has 0 bridgehead atoms. The van der Waals surface area contributed by atoms with E-state index in [1.165, 1.54) is 0 Å². The van der Waals surface area contributed by atoms with Crippen LogP contribution in [-0.2, 0) is 11.0 Å². The predicted molar refractivity (Wildman–Crippen MR) is 103 cm³/mol. The third-order valence-electron chi connectivity index (χ3n) is 4.74. The summed E-state index contributed by atoms with van der Waals surface area (Å²) in [5.41, 5.74) is -0.323. The summed E-state index contributed by atoms with van der Waals surface area (Å²) in [6, 6.07) is 9.65. The Kier molecular flexibility index (Phi) is 6.42. The van der Waals surface area contributed by atoms with Gasteiger partial charge in [-0.3, -0.25) is 9.59 Å². The number of alkyl halides is 3. The van der Waals surface area contributed by atoms with Gasteiger partial charge in [0.2, 0.25) is 5.91 Å². The van der Waals surface area contributed by atoms with Crippen molar-refractivity contribution >= 4 is 29.1 Å². The van der Waals surface area contributed by atoms with E-state index in [4.69, 9.17) is 11.6 Å². The smallest absolute Gasteiger partial charge is 0.352 e. The Labute approximate surface area is 171 Å². The highest BCUT2D eigenvalue weighted by Gasteiger charge is 2.32. The van der Waals surface area contributed by atoms with Crippen molar-refractivity contribution in [2.45, 2.75) is 19.0 Å². The second kappa shape index (κ2) is 8.82. The van der Waals surface area contributed by atoms with Gasteiger partial charge in [0.1, 0.15) is 5.82 Å². The minimum absolute atomic E-state index is 0.0759. The molecule has 1 aliphatic rings. The van der Waals surface area contributed by atoms with E-state index in [-0.39, 0.29) is 35.4 Å². The topological polar surface area (TPSA) is 53.5 Å². The van der Waals surface area contributed by atoms with Crippen molar-refractivity contribution in [3.05, 3.63) is 58.7 Å². The van der Waals surface area contributed by atoms with Crippen molar-refractivity contribution in [1.29, 1.82) is 0 Å². The number of pyridine rings is 1. The average molecular weight is 426 g/mol. The van der Waals surface area contributed by atoms with E-state index in [1.54, 1.807) is 34.1 Å². The fourth-order valence-electron chi connectivity index (χ4n) is 3.13. The number of carbonyl (C=O) groups is 2. The molecule has 0 aliphatic carbocycles. The van der Waals surface area contributed by atoms with Gasteiger partial charge in [0, 0.05) is 50.8 Å². The van der Waals surface area contributed by atoms with Crippen LogP contribution in [0.3, 0.4) is 0 Å². The summed E-state index contributed by atoms with van der Waals surface area (Å²) in [5.74, 6) is 0.0600. The van der Waals surface area contributed by atoms with Crippen molar-refractivity contribution in [3.8, 4) is 0 Å². The standard InChI is InChI=1S/C20H19ClF3N3O2/c21-16-12-15(20(22,23)24)13-25-19(16)27-10-8-26(9-11-27)18(29)7-6-17(28)14-4-2-1-3-5-14/h1-5,12-13H,6-11H2. The maximum absolute atomic E-state index is 12.7. The van der Waals surface area contributed by atoms with E-state index < -0.39 is 11.7 Å². The summed E-state index contributed by atoms with van der Waals surface area (Å²) in [5, 5.41) is -0.0759. The van der Waals surface area contributed by atoms with E-state index in [2.05, 4.69) is 4.98 Å². The van der Waals surface area contributed by atoms with Gasteiger partial charge in [0.25, 0.3) is 0 Å². The van der Waals surface area contributed by atoms with Crippen molar-refractivity contribution in [2.24, 2.45) is 0 Å². The molecule has 1 aromatic carbocycles. The molecule has 1 saturated heterocycles. The zero-order chi connectivity index (χ0) is 21.0. The van der Waals surface area contributed by atoms with Crippen LogP contribution < -0.4 is 4.90 Å². The van der Waals surface area contributed by atoms with E-state index in [1.807, 2.05) is 6.07 Å².